The number of hydrogen-bond donors (Lipinski definition) is 2. The lowest BCUT2D eigenvalue weighted by Gasteiger charge is -2.15. The van der Waals surface area contributed by atoms with Crippen LogP contribution >= 0.6 is 0 Å². The fourth-order valence-corrected chi connectivity index (χ4v) is 2.35. The van der Waals surface area contributed by atoms with E-state index in [1.807, 2.05) is 0 Å². The summed E-state index contributed by atoms with van der Waals surface area (Å²) in [4.78, 5) is 0. The minimum Gasteiger partial charge on any atom is -0.494 e. The molecule has 0 aliphatic rings. The van der Waals surface area contributed by atoms with E-state index in [-0.39, 0.29) is 11.8 Å². The first kappa shape index (κ1) is 13.9. The summed E-state index contributed by atoms with van der Waals surface area (Å²) in [6.07, 6.45) is 6.91. The van der Waals surface area contributed by atoms with Gasteiger partial charge in [0, 0.05) is 18.7 Å². The molecule has 0 amide bonds. The molecule has 0 bridgehead atoms. The van der Waals surface area contributed by atoms with Gasteiger partial charge in [0.25, 0.3) is 0 Å². The van der Waals surface area contributed by atoms with Crippen molar-refractivity contribution >= 4 is 0 Å². The predicted octanol–water partition coefficient (Wildman–Crippen LogP) is 3.90. The van der Waals surface area contributed by atoms with Crippen molar-refractivity contribution in [2.45, 2.75) is 58.3 Å². The Kier molecular flexibility index (Phi) is 5.39. The Labute approximate surface area is 104 Å². The number of nitrogens with zero attached hydrogens (tertiary/aromatic N) is 1. The van der Waals surface area contributed by atoms with Crippen molar-refractivity contribution < 1.29 is 10.2 Å². The molecule has 1 unspecified atom stereocenters. The van der Waals surface area contributed by atoms with E-state index in [1.165, 1.54) is 23.8 Å². The van der Waals surface area contributed by atoms with Crippen LogP contribution in [-0.2, 0) is 7.05 Å². The number of aromatic nitrogens is 1. The quantitative estimate of drug-likeness (QED) is 0.709. The van der Waals surface area contributed by atoms with Gasteiger partial charge in [-0.25, -0.2) is 0 Å². The van der Waals surface area contributed by atoms with Gasteiger partial charge in [-0.3, -0.25) is 4.57 Å². The Morgan fingerprint density at radius 1 is 1.12 bits per heavy atom. The maximum Gasteiger partial charge on any atom is 0.197 e. The van der Waals surface area contributed by atoms with Crippen molar-refractivity contribution in [3.8, 4) is 11.8 Å². The van der Waals surface area contributed by atoms with Gasteiger partial charge in [-0.1, -0.05) is 39.5 Å². The molecule has 0 saturated carbocycles. The Morgan fingerprint density at radius 3 is 2.29 bits per heavy atom. The predicted molar refractivity (Wildman–Crippen MR) is 70.5 cm³/mol. The highest BCUT2D eigenvalue weighted by Gasteiger charge is 2.19. The molecule has 0 aliphatic heterocycles. The van der Waals surface area contributed by atoms with E-state index in [0.717, 1.165) is 24.8 Å². The van der Waals surface area contributed by atoms with Gasteiger partial charge < -0.3 is 10.2 Å². The number of unbranched alkanes of at least 4 members (excludes halogenated alkanes) is 2. The zero-order chi connectivity index (χ0) is 12.8. The Bertz CT molecular complexity index is 344. The van der Waals surface area contributed by atoms with Crippen molar-refractivity contribution in [1.82, 2.24) is 4.57 Å². The highest BCUT2D eigenvalue weighted by atomic mass is 16.3. The summed E-state index contributed by atoms with van der Waals surface area (Å²) in [7, 11) is 1.68. The lowest BCUT2D eigenvalue weighted by Crippen LogP contribution is -1.98. The topological polar surface area (TPSA) is 45.4 Å². The molecule has 1 heterocycles. The van der Waals surface area contributed by atoms with Gasteiger partial charge in [-0.05, 0) is 18.8 Å². The van der Waals surface area contributed by atoms with Crippen LogP contribution in [-0.4, -0.2) is 14.8 Å². The van der Waals surface area contributed by atoms with Crippen LogP contribution in [0.25, 0.3) is 0 Å². The van der Waals surface area contributed by atoms with Crippen LogP contribution in [0.4, 0.5) is 0 Å². The number of hydrogen-bond acceptors (Lipinski definition) is 2. The Morgan fingerprint density at radius 2 is 1.82 bits per heavy atom. The average Bonchev–Trinajstić information content (AvgIpc) is 2.56. The smallest absolute Gasteiger partial charge is 0.197 e. The van der Waals surface area contributed by atoms with Gasteiger partial charge in [0.2, 0.25) is 0 Å². The second kappa shape index (κ2) is 6.58. The van der Waals surface area contributed by atoms with E-state index in [1.54, 1.807) is 13.1 Å². The van der Waals surface area contributed by atoms with Crippen molar-refractivity contribution in [3.05, 3.63) is 11.6 Å². The molecular weight excluding hydrogens is 214 g/mol. The molecule has 0 aliphatic carbocycles. The van der Waals surface area contributed by atoms with Crippen LogP contribution in [0.15, 0.2) is 6.07 Å². The maximum absolute atomic E-state index is 9.97. The van der Waals surface area contributed by atoms with Gasteiger partial charge in [0.1, 0.15) is 0 Å². The lowest BCUT2D eigenvalue weighted by molar-refractivity contribution is 0.381. The summed E-state index contributed by atoms with van der Waals surface area (Å²) in [5.41, 5.74) is 0.906. The Balaban J connectivity index is 2.77. The second-order valence-corrected chi connectivity index (χ2v) is 4.82. The lowest BCUT2D eigenvalue weighted by atomic mass is 9.91. The maximum atomic E-state index is 9.97. The van der Waals surface area contributed by atoms with Gasteiger partial charge in [0.15, 0.2) is 11.8 Å². The second-order valence-electron chi connectivity index (χ2n) is 4.82. The summed E-state index contributed by atoms with van der Waals surface area (Å²) >= 11 is 0. The van der Waals surface area contributed by atoms with Crippen molar-refractivity contribution in [2.75, 3.05) is 0 Å². The molecule has 0 radical (unpaired) electrons. The van der Waals surface area contributed by atoms with Crippen molar-refractivity contribution in [3.63, 3.8) is 0 Å². The van der Waals surface area contributed by atoms with Gasteiger partial charge in [-0.15, -0.1) is 0 Å². The average molecular weight is 239 g/mol. The summed E-state index contributed by atoms with van der Waals surface area (Å²) in [6.45, 7) is 4.35. The first-order valence-electron chi connectivity index (χ1n) is 6.69. The minimum atomic E-state index is 0.147. The van der Waals surface area contributed by atoms with Crippen LogP contribution in [0, 0.1) is 0 Å². The molecule has 1 rings (SSSR count). The highest BCUT2D eigenvalue weighted by Crippen LogP contribution is 2.37. The van der Waals surface area contributed by atoms with Crippen molar-refractivity contribution in [2.24, 2.45) is 7.05 Å². The monoisotopic (exact) mass is 239 g/mol. The van der Waals surface area contributed by atoms with Gasteiger partial charge in [-0.2, -0.15) is 0 Å². The normalized spacial score (nSPS) is 12.9. The summed E-state index contributed by atoms with van der Waals surface area (Å²) in [5, 5.41) is 19.6. The van der Waals surface area contributed by atoms with E-state index >= 15 is 0 Å². The van der Waals surface area contributed by atoms with Gasteiger partial charge >= 0.3 is 0 Å². The zero-order valence-corrected chi connectivity index (χ0v) is 11.2. The molecule has 0 saturated heterocycles. The molecule has 17 heavy (non-hydrogen) atoms. The molecule has 3 heteroatoms. The van der Waals surface area contributed by atoms with Crippen LogP contribution in [0.5, 0.6) is 11.8 Å². The van der Waals surface area contributed by atoms with Crippen LogP contribution < -0.4 is 0 Å². The zero-order valence-electron chi connectivity index (χ0n) is 11.2. The third-order valence-electron chi connectivity index (χ3n) is 3.44. The summed E-state index contributed by atoms with van der Waals surface area (Å²) in [5.74, 6) is 0.741. The molecule has 0 aromatic carbocycles. The molecule has 1 aromatic rings. The largest absolute Gasteiger partial charge is 0.494 e. The fraction of sp³-hybridized carbons (Fsp3) is 0.714. The molecule has 98 valence electrons. The van der Waals surface area contributed by atoms with Gasteiger partial charge in [0.05, 0.1) is 0 Å². The molecule has 2 N–H and O–H groups in total. The van der Waals surface area contributed by atoms with Crippen LogP contribution in [0.3, 0.4) is 0 Å². The fourth-order valence-electron chi connectivity index (χ4n) is 2.35. The third kappa shape index (κ3) is 3.42. The van der Waals surface area contributed by atoms with Crippen LogP contribution in [0.2, 0.25) is 0 Å². The van der Waals surface area contributed by atoms with E-state index in [2.05, 4.69) is 13.8 Å². The first-order chi connectivity index (χ1) is 8.11. The SMILES string of the molecule is CCCCCC(CCC)c1cc(O)n(C)c1O. The highest BCUT2D eigenvalue weighted by molar-refractivity contribution is 5.37. The van der Waals surface area contributed by atoms with Crippen LogP contribution in [0.1, 0.15) is 63.9 Å². The molecule has 0 spiro atoms. The standard InChI is InChI=1S/C14H25NO2/c1-4-6-7-9-11(8-5-2)12-10-13(16)15(3)14(12)17/h10-11,16-17H,4-9H2,1-3H3. The molecule has 1 atom stereocenters. The van der Waals surface area contributed by atoms with E-state index in [4.69, 9.17) is 0 Å². The van der Waals surface area contributed by atoms with E-state index < -0.39 is 0 Å². The minimum absolute atomic E-state index is 0.147. The summed E-state index contributed by atoms with van der Waals surface area (Å²) in [6, 6.07) is 1.71. The first-order valence-corrected chi connectivity index (χ1v) is 6.69. The molecular formula is C14H25NO2. The Hall–Kier alpha value is -1.12. The van der Waals surface area contributed by atoms with Crippen molar-refractivity contribution in [1.29, 1.82) is 0 Å². The number of aromatic hydroxyl groups is 2. The summed E-state index contributed by atoms with van der Waals surface area (Å²) < 4.78 is 1.44. The third-order valence-corrected chi connectivity index (χ3v) is 3.44. The molecule has 1 aromatic heterocycles. The van der Waals surface area contributed by atoms with E-state index in [9.17, 15) is 10.2 Å². The molecule has 0 fully saturated rings. The number of rotatable bonds is 7. The van der Waals surface area contributed by atoms with E-state index in [0.29, 0.717) is 5.92 Å². The molecule has 3 nitrogen and oxygen atoms in total.